The molecule has 2 heteroatoms. The Balaban J connectivity index is 2.40. The monoisotopic (exact) mass is 211 g/mol. The van der Waals surface area contributed by atoms with E-state index in [-0.39, 0.29) is 0 Å². The van der Waals surface area contributed by atoms with Crippen LogP contribution >= 0.6 is 0 Å². The van der Waals surface area contributed by atoms with E-state index in [1.165, 1.54) is 21.9 Å². The summed E-state index contributed by atoms with van der Waals surface area (Å²) in [7, 11) is 0. The average molecular weight is 211 g/mol. The third-order valence-corrected chi connectivity index (χ3v) is 3.30. The van der Waals surface area contributed by atoms with Crippen LogP contribution in [-0.4, -0.2) is 10.9 Å². The molecular formula is C14H13NO. The molecule has 1 aliphatic carbocycles. The summed E-state index contributed by atoms with van der Waals surface area (Å²) in [6, 6.07) is 10.7. The van der Waals surface area contributed by atoms with Crippen LogP contribution in [0.5, 0.6) is 0 Å². The molecule has 1 aliphatic rings. The third-order valence-electron chi connectivity index (χ3n) is 3.30. The van der Waals surface area contributed by atoms with Crippen LogP contribution in [0, 0.1) is 6.92 Å². The van der Waals surface area contributed by atoms with Crippen molar-refractivity contribution in [1.82, 2.24) is 0 Å². The second kappa shape index (κ2) is 3.34. The van der Waals surface area contributed by atoms with Crippen molar-refractivity contribution in [2.24, 2.45) is 5.16 Å². The molecule has 0 bridgehead atoms. The predicted molar refractivity (Wildman–Crippen MR) is 65.3 cm³/mol. The van der Waals surface area contributed by atoms with Crippen molar-refractivity contribution in [3.63, 3.8) is 0 Å². The molecule has 0 aliphatic heterocycles. The fourth-order valence-corrected chi connectivity index (χ4v) is 2.52. The summed E-state index contributed by atoms with van der Waals surface area (Å²) >= 11 is 0. The molecule has 0 unspecified atom stereocenters. The molecule has 1 N–H and O–H groups in total. The Hall–Kier alpha value is -1.83. The van der Waals surface area contributed by atoms with Crippen molar-refractivity contribution in [1.29, 1.82) is 0 Å². The first kappa shape index (κ1) is 9.40. The van der Waals surface area contributed by atoms with Crippen LogP contribution in [0.4, 0.5) is 0 Å². The number of nitrogens with zero attached hydrogens (tertiary/aromatic N) is 1. The highest BCUT2D eigenvalue weighted by molar-refractivity contribution is 6.14. The van der Waals surface area contributed by atoms with Crippen LogP contribution in [0.2, 0.25) is 0 Å². The molecule has 2 aromatic carbocycles. The van der Waals surface area contributed by atoms with Crippen LogP contribution in [0.3, 0.4) is 0 Å². The molecule has 16 heavy (non-hydrogen) atoms. The van der Waals surface area contributed by atoms with Crippen LogP contribution in [0.15, 0.2) is 35.5 Å². The Morgan fingerprint density at radius 2 is 2.00 bits per heavy atom. The van der Waals surface area contributed by atoms with Gasteiger partial charge in [-0.2, -0.15) is 0 Å². The van der Waals surface area contributed by atoms with Gasteiger partial charge in [0.15, 0.2) is 0 Å². The molecule has 0 fully saturated rings. The highest BCUT2D eigenvalue weighted by Crippen LogP contribution is 2.30. The minimum atomic E-state index is 0.824. The van der Waals surface area contributed by atoms with E-state index in [4.69, 9.17) is 5.21 Å². The Kier molecular flexibility index (Phi) is 1.96. The van der Waals surface area contributed by atoms with Crippen molar-refractivity contribution >= 4 is 16.5 Å². The number of oxime groups is 1. The van der Waals surface area contributed by atoms with E-state index in [0.717, 1.165) is 24.1 Å². The second-order valence-corrected chi connectivity index (χ2v) is 4.37. The van der Waals surface area contributed by atoms with Gasteiger partial charge >= 0.3 is 0 Å². The Bertz CT molecular complexity index is 599. The standard InChI is InChI=1S/C14H13NO/c1-9-2-6-12-11(8-9)4-3-10-5-7-13(15-16)14(10)12/h2-4,6,8,16H,5,7H2,1H3/b15-13+. The van der Waals surface area contributed by atoms with Gasteiger partial charge in [-0.3, -0.25) is 0 Å². The summed E-state index contributed by atoms with van der Waals surface area (Å²) in [6.07, 6.45) is 1.83. The largest absolute Gasteiger partial charge is 0.411 e. The maximum atomic E-state index is 9.01. The summed E-state index contributed by atoms with van der Waals surface area (Å²) in [5.74, 6) is 0. The molecule has 2 nitrogen and oxygen atoms in total. The minimum Gasteiger partial charge on any atom is -0.411 e. The summed E-state index contributed by atoms with van der Waals surface area (Å²) < 4.78 is 0. The van der Waals surface area contributed by atoms with Gasteiger partial charge < -0.3 is 5.21 Å². The Morgan fingerprint density at radius 1 is 1.12 bits per heavy atom. The quantitative estimate of drug-likeness (QED) is 0.526. The van der Waals surface area contributed by atoms with Gasteiger partial charge in [-0.25, -0.2) is 0 Å². The van der Waals surface area contributed by atoms with Crippen molar-refractivity contribution in [3.05, 3.63) is 47.0 Å². The van der Waals surface area contributed by atoms with Crippen molar-refractivity contribution in [2.75, 3.05) is 0 Å². The second-order valence-electron chi connectivity index (χ2n) is 4.37. The molecule has 3 rings (SSSR count). The first-order valence-electron chi connectivity index (χ1n) is 5.53. The molecular weight excluding hydrogens is 198 g/mol. The maximum absolute atomic E-state index is 9.01. The van der Waals surface area contributed by atoms with Gasteiger partial charge in [0.2, 0.25) is 0 Å². The first-order valence-corrected chi connectivity index (χ1v) is 5.53. The normalized spacial score (nSPS) is 16.9. The number of rotatable bonds is 0. The third kappa shape index (κ3) is 1.23. The van der Waals surface area contributed by atoms with E-state index in [1.54, 1.807) is 0 Å². The van der Waals surface area contributed by atoms with E-state index in [1.807, 2.05) is 0 Å². The van der Waals surface area contributed by atoms with Gasteiger partial charge in [0.25, 0.3) is 0 Å². The van der Waals surface area contributed by atoms with Crippen molar-refractivity contribution in [3.8, 4) is 0 Å². The highest BCUT2D eigenvalue weighted by Gasteiger charge is 2.20. The molecule has 0 saturated heterocycles. The van der Waals surface area contributed by atoms with Gasteiger partial charge in [-0.15, -0.1) is 0 Å². The lowest BCUT2D eigenvalue weighted by Gasteiger charge is -2.06. The van der Waals surface area contributed by atoms with Crippen molar-refractivity contribution < 1.29 is 5.21 Å². The van der Waals surface area contributed by atoms with Crippen LogP contribution < -0.4 is 0 Å². The zero-order valence-electron chi connectivity index (χ0n) is 9.20. The molecule has 0 amide bonds. The van der Waals surface area contributed by atoms with Gasteiger partial charge in [0, 0.05) is 5.56 Å². The molecule has 0 heterocycles. The molecule has 2 aromatic rings. The number of aryl methyl sites for hydroxylation is 2. The van der Waals surface area contributed by atoms with E-state index >= 15 is 0 Å². The van der Waals surface area contributed by atoms with E-state index in [2.05, 4.69) is 42.4 Å². The lowest BCUT2D eigenvalue weighted by atomic mass is 9.99. The fraction of sp³-hybridized carbons (Fsp3) is 0.214. The predicted octanol–water partition coefficient (Wildman–Crippen LogP) is 3.27. The highest BCUT2D eigenvalue weighted by atomic mass is 16.4. The van der Waals surface area contributed by atoms with Crippen molar-refractivity contribution in [2.45, 2.75) is 19.8 Å². The summed E-state index contributed by atoms with van der Waals surface area (Å²) in [5, 5.41) is 14.9. The summed E-state index contributed by atoms with van der Waals surface area (Å²) in [5.41, 5.74) is 4.52. The number of benzene rings is 2. The summed E-state index contributed by atoms with van der Waals surface area (Å²) in [6.45, 7) is 2.09. The lowest BCUT2D eigenvalue weighted by Crippen LogP contribution is -1.95. The van der Waals surface area contributed by atoms with Crippen LogP contribution in [-0.2, 0) is 6.42 Å². The minimum absolute atomic E-state index is 0.824. The smallest absolute Gasteiger partial charge is 0.0880 e. The van der Waals surface area contributed by atoms with E-state index in [9.17, 15) is 0 Å². The Morgan fingerprint density at radius 3 is 2.81 bits per heavy atom. The van der Waals surface area contributed by atoms with Gasteiger partial charge in [0.1, 0.15) is 0 Å². The van der Waals surface area contributed by atoms with Gasteiger partial charge in [0.05, 0.1) is 5.71 Å². The zero-order valence-corrected chi connectivity index (χ0v) is 9.20. The van der Waals surface area contributed by atoms with Gasteiger partial charge in [-0.1, -0.05) is 41.1 Å². The zero-order chi connectivity index (χ0) is 11.1. The average Bonchev–Trinajstić information content (AvgIpc) is 2.71. The topological polar surface area (TPSA) is 32.6 Å². The van der Waals surface area contributed by atoms with E-state index in [0.29, 0.717) is 0 Å². The molecule has 0 atom stereocenters. The Labute approximate surface area is 94.2 Å². The summed E-state index contributed by atoms with van der Waals surface area (Å²) in [4.78, 5) is 0. The maximum Gasteiger partial charge on any atom is 0.0880 e. The van der Waals surface area contributed by atoms with Crippen LogP contribution in [0.1, 0.15) is 23.1 Å². The fourth-order valence-electron chi connectivity index (χ4n) is 2.52. The van der Waals surface area contributed by atoms with Crippen LogP contribution in [0.25, 0.3) is 10.8 Å². The molecule has 0 spiro atoms. The molecule has 0 radical (unpaired) electrons. The molecule has 0 saturated carbocycles. The first-order chi connectivity index (χ1) is 7.79. The van der Waals surface area contributed by atoms with Gasteiger partial charge in [-0.05, 0) is 36.1 Å². The SMILES string of the molecule is Cc1ccc2c3c(ccc2c1)CC/C3=N\O. The lowest BCUT2D eigenvalue weighted by molar-refractivity contribution is 0.318. The van der Waals surface area contributed by atoms with E-state index < -0.39 is 0 Å². The number of hydrogen-bond donors (Lipinski definition) is 1. The molecule has 80 valence electrons. The number of fused-ring (bicyclic) bond motifs is 3. The molecule has 0 aromatic heterocycles. The number of hydrogen-bond acceptors (Lipinski definition) is 2.